The summed E-state index contributed by atoms with van der Waals surface area (Å²) in [7, 11) is 0. The molecule has 1 aliphatic heterocycles. The highest BCUT2D eigenvalue weighted by molar-refractivity contribution is 7.22. The van der Waals surface area contributed by atoms with E-state index in [0.717, 1.165) is 10.7 Å². The maximum absolute atomic E-state index is 14.7. The van der Waals surface area contributed by atoms with E-state index in [2.05, 4.69) is 4.90 Å². The van der Waals surface area contributed by atoms with Crippen molar-refractivity contribution in [2.75, 3.05) is 11.4 Å². The molecule has 2 heterocycles. The van der Waals surface area contributed by atoms with Crippen molar-refractivity contribution in [3.63, 3.8) is 0 Å². The number of rotatable bonds is 2. The summed E-state index contributed by atoms with van der Waals surface area (Å²) >= 11 is 7.37. The minimum Gasteiger partial charge on any atom is -0.333 e. The summed E-state index contributed by atoms with van der Waals surface area (Å²) in [6.45, 7) is 0.631. The Morgan fingerprint density at radius 3 is 2.47 bits per heavy atom. The molecule has 0 amide bonds. The minimum absolute atomic E-state index is 0.0224. The van der Waals surface area contributed by atoms with Gasteiger partial charge in [-0.2, -0.15) is 0 Å². The van der Waals surface area contributed by atoms with Gasteiger partial charge >= 0.3 is 0 Å². The van der Waals surface area contributed by atoms with E-state index in [1.807, 2.05) is 30.3 Å². The molecule has 0 bridgehead atoms. The summed E-state index contributed by atoms with van der Waals surface area (Å²) in [5.41, 5.74) is 1.68. The van der Waals surface area contributed by atoms with Crippen molar-refractivity contribution in [2.24, 2.45) is 0 Å². The van der Waals surface area contributed by atoms with Crippen LogP contribution in [-0.2, 0) is 0 Å². The Hall–Kier alpha value is -2.76. The van der Waals surface area contributed by atoms with Gasteiger partial charge in [-0.15, -0.1) is 11.3 Å². The van der Waals surface area contributed by atoms with Crippen molar-refractivity contribution in [1.29, 1.82) is 0 Å². The first-order valence-corrected chi connectivity index (χ1v) is 10.8. The predicted molar refractivity (Wildman–Crippen MR) is 119 cm³/mol. The molecule has 1 atom stereocenters. The maximum atomic E-state index is 14.7. The van der Waals surface area contributed by atoms with Crippen LogP contribution in [0, 0.1) is 11.6 Å². The molecule has 0 fully saturated rings. The van der Waals surface area contributed by atoms with Crippen LogP contribution in [0.4, 0.5) is 19.5 Å². The number of nitrogens with zero attached hydrogens (tertiary/aromatic N) is 1. The fourth-order valence-electron chi connectivity index (χ4n) is 4.13. The van der Waals surface area contributed by atoms with Crippen LogP contribution < -0.4 is 10.3 Å². The number of benzene rings is 3. The Morgan fingerprint density at radius 1 is 0.967 bits per heavy atom. The van der Waals surface area contributed by atoms with E-state index >= 15 is 0 Å². The third-order valence-electron chi connectivity index (χ3n) is 5.53. The molecule has 0 N–H and O–H groups in total. The standard InChI is InChI=1S/C24H16ClF2NOS/c25-18-13-21-17(12-20(18)27)23(29)22-16(15-8-4-5-9-19(15)26)10-11-28(24(22)30-21)14-6-2-1-3-7-14/h1-9,12-13,16H,10-11H2. The van der Waals surface area contributed by atoms with Crippen molar-refractivity contribution in [2.45, 2.75) is 12.3 Å². The summed E-state index contributed by atoms with van der Waals surface area (Å²) < 4.78 is 29.4. The summed E-state index contributed by atoms with van der Waals surface area (Å²) in [6, 6.07) is 19.0. The molecular weight excluding hydrogens is 424 g/mol. The molecule has 0 radical (unpaired) electrons. The van der Waals surface area contributed by atoms with Gasteiger partial charge in [-0.1, -0.05) is 48.0 Å². The van der Waals surface area contributed by atoms with Crippen LogP contribution in [0.5, 0.6) is 0 Å². The van der Waals surface area contributed by atoms with E-state index in [9.17, 15) is 13.6 Å². The highest BCUT2D eigenvalue weighted by atomic mass is 35.5. The number of hydrogen-bond acceptors (Lipinski definition) is 3. The number of halogens is 3. The van der Waals surface area contributed by atoms with Crippen LogP contribution in [0.15, 0.2) is 71.5 Å². The second kappa shape index (κ2) is 7.49. The molecule has 1 aromatic heterocycles. The lowest BCUT2D eigenvalue weighted by Gasteiger charge is -2.35. The molecule has 30 heavy (non-hydrogen) atoms. The monoisotopic (exact) mass is 439 g/mol. The predicted octanol–water partition coefficient (Wildman–Crippen LogP) is 6.87. The van der Waals surface area contributed by atoms with Gasteiger partial charge in [0.25, 0.3) is 0 Å². The molecule has 0 saturated heterocycles. The number of fused-ring (bicyclic) bond motifs is 2. The number of anilines is 2. The molecule has 3 aromatic carbocycles. The smallest absolute Gasteiger partial charge is 0.194 e. The molecule has 0 spiro atoms. The van der Waals surface area contributed by atoms with Crippen LogP contribution in [0.25, 0.3) is 10.1 Å². The summed E-state index contributed by atoms with van der Waals surface area (Å²) in [6.07, 6.45) is 0.576. The van der Waals surface area contributed by atoms with Gasteiger partial charge < -0.3 is 4.90 Å². The zero-order chi connectivity index (χ0) is 20.8. The third-order valence-corrected chi connectivity index (χ3v) is 7.01. The number of para-hydroxylation sites is 1. The van der Waals surface area contributed by atoms with Gasteiger partial charge in [0.2, 0.25) is 0 Å². The summed E-state index contributed by atoms with van der Waals surface area (Å²) in [5, 5.41) is 1.00. The highest BCUT2D eigenvalue weighted by Crippen LogP contribution is 2.45. The molecule has 5 rings (SSSR count). The topological polar surface area (TPSA) is 20.3 Å². The summed E-state index contributed by atoms with van der Waals surface area (Å²) in [4.78, 5) is 15.6. The molecule has 2 nitrogen and oxygen atoms in total. The van der Waals surface area contributed by atoms with Crippen LogP contribution in [0.1, 0.15) is 23.5 Å². The maximum Gasteiger partial charge on any atom is 0.194 e. The average molecular weight is 440 g/mol. The first kappa shape index (κ1) is 19.2. The average Bonchev–Trinajstić information content (AvgIpc) is 2.76. The molecule has 6 heteroatoms. The lowest BCUT2D eigenvalue weighted by molar-refractivity contribution is 0.579. The van der Waals surface area contributed by atoms with Crippen LogP contribution in [0.2, 0.25) is 5.02 Å². The quantitative estimate of drug-likeness (QED) is 0.340. The van der Waals surface area contributed by atoms with E-state index in [0.29, 0.717) is 28.8 Å². The van der Waals surface area contributed by atoms with E-state index in [1.165, 1.54) is 29.5 Å². The van der Waals surface area contributed by atoms with Crippen molar-refractivity contribution in [1.82, 2.24) is 0 Å². The van der Waals surface area contributed by atoms with E-state index in [4.69, 9.17) is 11.6 Å². The van der Waals surface area contributed by atoms with Crippen molar-refractivity contribution >= 4 is 43.7 Å². The molecule has 1 unspecified atom stereocenters. The summed E-state index contributed by atoms with van der Waals surface area (Å²) in [5.74, 6) is -1.37. The van der Waals surface area contributed by atoms with Gasteiger partial charge in [0.05, 0.1) is 5.02 Å². The molecule has 4 aromatic rings. The van der Waals surface area contributed by atoms with Crippen LogP contribution >= 0.6 is 22.9 Å². The van der Waals surface area contributed by atoms with Crippen molar-refractivity contribution in [3.8, 4) is 0 Å². The zero-order valence-electron chi connectivity index (χ0n) is 15.7. The molecule has 1 aliphatic rings. The third kappa shape index (κ3) is 3.09. The van der Waals surface area contributed by atoms with Crippen molar-refractivity contribution < 1.29 is 8.78 Å². The Morgan fingerprint density at radius 2 is 1.70 bits per heavy atom. The van der Waals surface area contributed by atoms with E-state index < -0.39 is 11.7 Å². The molecule has 150 valence electrons. The Balaban J connectivity index is 1.82. The van der Waals surface area contributed by atoms with Gasteiger partial charge in [-0.25, -0.2) is 8.78 Å². The first-order valence-electron chi connectivity index (χ1n) is 9.57. The fourth-order valence-corrected chi connectivity index (χ4v) is 5.65. The van der Waals surface area contributed by atoms with Crippen LogP contribution in [0.3, 0.4) is 0 Å². The van der Waals surface area contributed by atoms with Crippen molar-refractivity contribution in [3.05, 3.63) is 105 Å². The molecular formula is C24H16ClF2NOS. The SMILES string of the molecule is O=c1c2c(sc3cc(Cl)c(F)cc13)N(c1ccccc1)CCC2c1ccccc1F. The van der Waals surface area contributed by atoms with Gasteiger partial charge in [0.15, 0.2) is 5.43 Å². The largest absolute Gasteiger partial charge is 0.333 e. The Kier molecular flexibility index (Phi) is 4.80. The second-order valence-electron chi connectivity index (χ2n) is 7.26. The Bertz CT molecular complexity index is 1320. The highest BCUT2D eigenvalue weighted by Gasteiger charge is 2.33. The number of hydrogen-bond donors (Lipinski definition) is 0. The lowest BCUT2D eigenvalue weighted by atomic mass is 9.85. The zero-order valence-corrected chi connectivity index (χ0v) is 17.3. The van der Waals surface area contributed by atoms with Gasteiger partial charge in [-0.3, -0.25) is 4.79 Å². The normalized spacial score (nSPS) is 16.0. The lowest BCUT2D eigenvalue weighted by Crippen LogP contribution is -2.31. The Labute approximate surface area is 181 Å². The van der Waals surface area contributed by atoms with Gasteiger partial charge in [0.1, 0.15) is 16.6 Å². The second-order valence-corrected chi connectivity index (χ2v) is 8.70. The van der Waals surface area contributed by atoms with Crippen LogP contribution in [-0.4, -0.2) is 6.54 Å². The molecule has 0 aliphatic carbocycles. The molecule has 0 saturated carbocycles. The van der Waals surface area contributed by atoms with Gasteiger partial charge in [0, 0.05) is 33.8 Å². The van der Waals surface area contributed by atoms with E-state index in [1.54, 1.807) is 18.2 Å². The first-order chi connectivity index (χ1) is 14.5. The fraction of sp³-hybridized carbons (Fsp3) is 0.125. The van der Waals surface area contributed by atoms with E-state index in [-0.39, 0.29) is 21.7 Å². The van der Waals surface area contributed by atoms with Gasteiger partial charge in [-0.05, 0) is 42.3 Å². The minimum atomic E-state index is -0.633.